The van der Waals surface area contributed by atoms with E-state index in [2.05, 4.69) is 45.1 Å². The van der Waals surface area contributed by atoms with Gasteiger partial charge in [-0.15, -0.1) is 0 Å². The van der Waals surface area contributed by atoms with Crippen molar-refractivity contribution >= 4 is 25.7 Å². The minimum absolute atomic E-state index is 0.171. The number of carbonyl (C=O) groups excluding carboxylic acids is 3. The van der Waals surface area contributed by atoms with E-state index in [1.54, 1.807) is 0 Å². The van der Waals surface area contributed by atoms with E-state index in [9.17, 15) is 28.9 Å². The van der Waals surface area contributed by atoms with E-state index in [0.717, 1.165) is 77.0 Å². The second-order valence-corrected chi connectivity index (χ2v) is 24.1. The fourth-order valence-electron chi connectivity index (χ4n) is 9.76. The molecule has 78 heavy (non-hydrogen) atoms. The number of ether oxygens (including phenoxy) is 3. The normalized spacial score (nSPS) is 13.3. The summed E-state index contributed by atoms with van der Waals surface area (Å²) in [6.45, 7) is 4.70. The molecule has 0 aliphatic rings. The van der Waals surface area contributed by atoms with Crippen LogP contribution in [0, 0.1) is 0 Å². The number of allylic oxidation sites excluding steroid dienone is 4. The van der Waals surface area contributed by atoms with Crippen molar-refractivity contribution in [3.05, 3.63) is 24.3 Å². The number of hydrogen-bond donors (Lipinski definition) is 2. The van der Waals surface area contributed by atoms with Crippen LogP contribution in [0.1, 0.15) is 342 Å². The number of aliphatic hydroxyl groups is 1. The quantitative estimate of drug-likeness (QED) is 0.0197. The predicted octanol–water partition coefficient (Wildman–Crippen LogP) is 20.2. The molecule has 11 nitrogen and oxygen atoms in total. The SMILES string of the molecule is CCCCCC/C=C\CCCCCCCC(=O)OC(CO)COP(=O)(O)OCC(COC(=O)CCCCCCCCCCCCCCCCCCCCC)OC(=O)CCCCCCCCCCC/C=C\CCCCCCCC. The second kappa shape index (κ2) is 61.0. The van der Waals surface area contributed by atoms with Gasteiger partial charge in [0.05, 0.1) is 19.8 Å². The standard InChI is InChI=1S/C66H125O11P/c1-4-7-10-13-16-19-22-25-27-29-31-33-35-38-40-43-46-49-52-55-64(68)73-59-63(77-66(70)57-54-51-48-45-42-39-36-34-32-30-28-26-23-20-17-14-11-8-5-2)61-75-78(71,72)74-60-62(58-67)76-65(69)56-53-50-47-44-41-37-24-21-18-15-12-9-6-3/h21,24,26,28,62-63,67H,4-20,22-23,25,27,29-61H2,1-3H3,(H,71,72)/b24-21-,28-26-. The summed E-state index contributed by atoms with van der Waals surface area (Å²) in [5.74, 6) is -1.44. The zero-order chi connectivity index (χ0) is 56.9. The number of rotatable bonds is 63. The number of phosphoric ester groups is 1. The molecule has 2 N–H and O–H groups in total. The molecule has 0 fully saturated rings. The van der Waals surface area contributed by atoms with Crippen molar-refractivity contribution in [2.24, 2.45) is 0 Å². The Kier molecular flexibility index (Phi) is 59.4. The van der Waals surface area contributed by atoms with Gasteiger partial charge in [-0.2, -0.15) is 0 Å². The lowest BCUT2D eigenvalue weighted by Crippen LogP contribution is -2.30. The highest BCUT2D eigenvalue weighted by Gasteiger charge is 2.28. The molecule has 0 saturated heterocycles. The third kappa shape index (κ3) is 58.6. The van der Waals surface area contributed by atoms with E-state index in [-0.39, 0.29) is 25.9 Å². The van der Waals surface area contributed by atoms with Gasteiger partial charge in [0.1, 0.15) is 12.7 Å². The Morgan fingerprint density at radius 1 is 0.346 bits per heavy atom. The van der Waals surface area contributed by atoms with Gasteiger partial charge < -0.3 is 24.2 Å². The molecule has 12 heteroatoms. The predicted molar refractivity (Wildman–Crippen MR) is 326 cm³/mol. The molecule has 0 aliphatic carbocycles. The molecule has 3 atom stereocenters. The Morgan fingerprint density at radius 2 is 0.590 bits per heavy atom. The fraction of sp³-hybridized carbons (Fsp3) is 0.894. The summed E-state index contributed by atoms with van der Waals surface area (Å²) < 4.78 is 39.7. The van der Waals surface area contributed by atoms with Crippen LogP contribution < -0.4 is 0 Å². The number of phosphoric acid groups is 1. The van der Waals surface area contributed by atoms with E-state index in [4.69, 9.17) is 23.3 Å². The number of hydrogen-bond acceptors (Lipinski definition) is 10. The molecule has 0 heterocycles. The molecule has 0 rings (SSSR count). The lowest BCUT2D eigenvalue weighted by atomic mass is 10.0. The van der Waals surface area contributed by atoms with Gasteiger partial charge in [0.25, 0.3) is 0 Å². The van der Waals surface area contributed by atoms with Crippen molar-refractivity contribution in [3.8, 4) is 0 Å². The van der Waals surface area contributed by atoms with E-state index >= 15 is 0 Å². The average molecular weight is 1130 g/mol. The number of unbranched alkanes of at least 4 members (excludes halogenated alkanes) is 42. The first kappa shape index (κ1) is 76.0. The minimum Gasteiger partial charge on any atom is -0.462 e. The maximum absolute atomic E-state index is 13.0. The smallest absolute Gasteiger partial charge is 0.462 e. The first-order valence-electron chi connectivity index (χ1n) is 33.2. The van der Waals surface area contributed by atoms with E-state index in [0.29, 0.717) is 19.3 Å². The molecule has 0 aliphatic heterocycles. The van der Waals surface area contributed by atoms with Crippen LogP contribution in [0.3, 0.4) is 0 Å². The Balaban J connectivity index is 4.65. The zero-order valence-electron chi connectivity index (χ0n) is 51.2. The molecule has 460 valence electrons. The van der Waals surface area contributed by atoms with E-state index in [1.165, 1.54) is 205 Å². The van der Waals surface area contributed by atoms with E-state index < -0.39 is 57.8 Å². The average Bonchev–Trinajstić information content (AvgIpc) is 3.43. The van der Waals surface area contributed by atoms with Gasteiger partial charge in [0.2, 0.25) is 0 Å². The Morgan fingerprint density at radius 3 is 0.897 bits per heavy atom. The molecular formula is C66H125O11P. The highest BCUT2D eigenvalue weighted by Crippen LogP contribution is 2.43. The van der Waals surface area contributed by atoms with Crippen molar-refractivity contribution in [3.63, 3.8) is 0 Å². The van der Waals surface area contributed by atoms with Crippen LogP contribution in [-0.2, 0) is 42.2 Å². The molecule has 0 spiro atoms. The summed E-state index contributed by atoms with van der Waals surface area (Å²) in [4.78, 5) is 48.8. The molecule has 0 radical (unpaired) electrons. The summed E-state index contributed by atoms with van der Waals surface area (Å²) in [5.41, 5.74) is 0. The van der Waals surface area contributed by atoms with Crippen LogP contribution in [0.5, 0.6) is 0 Å². The third-order valence-electron chi connectivity index (χ3n) is 14.8. The Labute approximate surface area is 480 Å². The number of aliphatic hydroxyl groups excluding tert-OH is 1. The van der Waals surface area contributed by atoms with Crippen molar-refractivity contribution < 1.29 is 52.2 Å². The van der Waals surface area contributed by atoms with Gasteiger partial charge in [0.15, 0.2) is 6.10 Å². The lowest BCUT2D eigenvalue weighted by molar-refractivity contribution is -0.161. The van der Waals surface area contributed by atoms with E-state index in [1.807, 2.05) is 0 Å². The van der Waals surface area contributed by atoms with Gasteiger partial charge in [-0.05, 0) is 70.6 Å². The maximum Gasteiger partial charge on any atom is 0.472 e. The van der Waals surface area contributed by atoms with Gasteiger partial charge in [-0.25, -0.2) is 4.57 Å². The number of carbonyl (C=O) groups is 3. The topological polar surface area (TPSA) is 155 Å². The van der Waals surface area contributed by atoms with Gasteiger partial charge in [-0.3, -0.25) is 23.4 Å². The Hall–Kier alpha value is -2.04. The lowest BCUT2D eigenvalue weighted by Gasteiger charge is -2.21. The zero-order valence-corrected chi connectivity index (χ0v) is 52.1. The van der Waals surface area contributed by atoms with Crippen LogP contribution in [-0.4, -0.2) is 66.5 Å². The number of esters is 3. The monoisotopic (exact) mass is 1120 g/mol. The van der Waals surface area contributed by atoms with Crippen LogP contribution >= 0.6 is 7.82 Å². The summed E-state index contributed by atoms with van der Waals surface area (Å²) in [6.07, 6.45) is 64.2. The molecule has 0 aromatic rings. The summed E-state index contributed by atoms with van der Waals surface area (Å²) in [6, 6.07) is 0. The fourth-order valence-corrected chi connectivity index (χ4v) is 10.5. The summed E-state index contributed by atoms with van der Waals surface area (Å²) in [5, 5.41) is 9.84. The molecule has 0 aromatic carbocycles. The van der Waals surface area contributed by atoms with Crippen molar-refractivity contribution in [2.45, 2.75) is 354 Å². The van der Waals surface area contributed by atoms with Crippen LogP contribution in [0.4, 0.5) is 0 Å². The van der Waals surface area contributed by atoms with Gasteiger partial charge >= 0.3 is 25.7 Å². The van der Waals surface area contributed by atoms with Crippen LogP contribution in [0.15, 0.2) is 24.3 Å². The largest absolute Gasteiger partial charge is 0.472 e. The highest BCUT2D eigenvalue weighted by atomic mass is 31.2. The minimum atomic E-state index is -4.75. The second-order valence-electron chi connectivity index (χ2n) is 22.6. The van der Waals surface area contributed by atoms with Crippen LogP contribution in [0.2, 0.25) is 0 Å². The first-order chi connectivity index (χ1) is 38.2. The molecule has 0 saturated carbocycles. The van der Waals surface area contributed by atoms with Crippen molar-refractivity contribution in [2.75, 3.05) is 26.4 Å². The van der Waals surface area contributed by atoms with Crippen molar-refractivity contribution in [1.82, 2.24) is 0 Å². The summed E-state index contributed by atoms with van der Waals surface area (Å²) in [7, 11) is -4.75. The molecule has 0 amide bonds. The molecule has 3 unspecified atom stereocenters. The van der Waals surface area contributed by atoms with Crippen LogP contribution in [0.25, 0.3) is 0 Å². The van der Waals surface area contributed by atoms with Gasteiger partial charge in [0, 0.05) is 19.3 Å². The highest BCUT2D eigenvalue weighted by molar-refractivity contribution is 7.47. The van der Waals surface area contributed by atoms with Crippen molar-refractivity contribution in [1.29, 1.82) is 0 Å². The Bertz CT molecular complexity index is 1400. The summed E-state index contributed by atoms with van der Waals surface area (Å²) >= 11 is 0. The van der Waals surface area contributed by atoms with Gasteiger partial charge in [-0.1, -0.05) is 276 Å². The molecule has 0 aromatic heterocycles. The first-order valence-corrected chi connectivity index (χ1v) is 34.7. The maximum atomic E-state index is 13.0. The molecule has 0 bridgehead atoms. The third-order valence-corrected chi connectivity index (χ3v) is 15.8. The molecular weight excluding hydrogens is 1000 g/mol.